The molecule has 1 aliphatic rings. The summed E-state index contributed by atoms with van der Waals surface area (Å²) in [5.74, 6) is -1.13. The minimum Gasteiger partial charge on any atom is -0.352 e. The van der Waals surface area contributed by atoms with E-state index in [0.717, 1.165) is 11.3 Å². The van der Waals surface area contributed by atoms with Crippen LogP contribution in [0.2, 0.25) is 0 Å². The summed E-state index contributed by atoms with van der Waals surface area (Å²) >= 11 is 0. The normalized spacial score (nSPS) is 16.6. The van der Waals surface area contributed by atoms with Gasteiger partial charge in [-0.25, -0.2) is 0 Å². The third kappa shape index (κ3) is 3.27. The van der Waals surface area contributed by atoms with Crippen molar-refractivity contribution in [1.82, 2.24) is 20.8 Å². The van der Waals surface area contributed by atoms with Crippen molar-refractivity contribution in [2.24, 2.45) is 0 Å². The molecule has 1 aromatic carbocycles. The van der Waals surface area contributed by atoms with Crippen LogP contribution in [0.25, 0.3) is 0 Å². The van der Waals surface area contributed by atoms with Crippen LogP contribution in [-0.2, 0) is 16.1 Å². The van der Waals surface area contributed by atoms with Gasteiger partial charge in [-0.1, -0.05) is 12.1 Å². The Bertz CT molecular complexity index is 799. The third-order valence-electron chi connectivity index (χ3n) is 3.85. The summed E-state index contributed by atoms with van der Waals surface area (Å²) in [5.41, 5.74) is 2.55. The molecule has 4 N–H and O–H groups in total. The van der Waals surface area contributed by atoms with Gasteiger partial charge >= 0.3 is 0 Å². The molecule has 0 radical (unpaired) electrons. The van der Waals surface area contributed by atoms with E-state index >= 15 is 0 Å². The smallest absolute Gasteiger partial charge is 0.254 e. The molecule has 8 nitrogen and oxygen atoms in total. The number of rotatable bonds is 4. The van der Waals surface area contributed by atoms with E-state index in [0.29, 0.717) is 17.8 Å². The Morgan fingerprint density at radius 1 is 1.29 bits per heavy atom. The van der Waals surface area contributed by atoms with Crippen molar-refractivity contribution >= 4 is 23.4 Å². The first kappa shape index (κ1) is 15.7. The predicted molar refractivity (Wildman–Crippen MR) is 86.1 cm³/mol. The number of fused-ring (bicyclic) bond motifs is 1. The maximum absolute atomic E-state index is 12.2. The van der Waals surface area contributed by atoms with E-state index in [2.05, 4.69) is 26.1 Å². The van der Waals surface area contributed by atoms with E-state index in [1.807, 2.05) is 6.92 Å². The van der Waals surface area contributed by atoms with Crippen LogP contribution in [-0.4, -0.2) is 34.0 Å². The number of amides is 3. The highest BCUT2D eigenvalue weighted by molar-refractivity contribution is 6.10. The fourth-order valence-corrected chi connectivity index (χ4v) is 2.46. The van der Waals surface area contributed by atoms with Crippen molar-refractivity contribution in [3.8, 4) is 0 Å². The molecule has 0 saturated carbocycles. The number of carbonyl (C=O) groups is 3. The lowest BCUT2D eigenvalue weighted by Gasteiger charge is -2.14. The highest BCUT2D eigenvalue weighted by Gasteiger charge is 2.29. The molecule has 0 saturated heterocycles. The first-order valence-electron chi connectivity index (χ1n) is 7.51. The monoisotopic (exact) mass is 327 g/mol. The summed E-state index contributed by atoms with van der Waals surface area (Å²) in [7, 11) is 0. The van der Waals surface area contributed by atoms with Crippen LogP contribution < -0.4 is 16.0 Å². The number of hydrogen-bond donors (Lipinski definition) is 4. The van der Waals surface area contributed by atoms with Crippen molar-refractivity contribution in [2.75, 3.05) is 5.32 Å². The average Bonchev–Trinajstić information content (AvgIpc) is 2.92. The second kappa shape index (κ2) is 6.53. The zero-order valence-electron chi connectivity index (χ0n) is 13.1. The van der Waals surface area contributed by atoms with E-state index in [1.165, 1.54) is 0 Å². The van der Waals surface area contributed by atoms with E-state index in [-0.39, 0.29) is 18.2 Å². The fourth-order valence-electron chi connectivity index (χ4n) is 2.46. The Labute approximate surface area is 138 Å². The zero-order valence-corrected chi connectivity index (χ0v) is 13.1. The van der Waals surface area contributed by atoms with Gasteiger partial charge in [-0.15, -0.1) is 0 Å². The van der Waals surface area contributed by atoms with E-state index in [1.54, 1.807) is 30.5 Å². The molecule has 2 heterocycles. The number of anilines is 1. The second-order valence-electron chi connectivity index (χ2n) is 5.56. The quantitative estimate of drug-likeness (QED) is 0.653. The van der Waals surface area contributed by atoms with Crippen molar-refractivity contribution in [1.29, 1.82) is 0 Å². The van der Waals surface area contributed by atoms with Gasteiger partial charge < -0.3 is 16.0 Å². The number of carbonyl (C=O) groups excluding carboxylic acids is 3. The predicted octanol–water partition coefficient (Wildman–Crippen LogP) is 0.475. The molecule has 1 aromatic heterocycles. The number of nitrogens with one attached hydrogen (secondary N) is 4. The number of hydrogen-bond acceptors (Lipinski definition) is 4. The summed E-state index contributed by atoms with van der Waals surface area (Å²) in [6, 6.07) is 5.79. The van der Waals surface area contributed by atoms with Crippen LogP contribution in [0.1, 0.15) is 28.0 Å². The molecule has 0 aliphatic carbocycles. The molecular weight excluding hydrogens is 310 g/mol. The molecule has 1 atom stereocenters. The first-order valence-corrected chi connectivity index (χ1v) is 7.51. The number of aromatic nitrogens is 2. The van der Waals surface area contributed by atoms with Crippen LogP contribution in [0.5, 0.6) is 0 Å². The van der Waals surface area contributed by atoms with Gasteiger partial charge in [0, 0.05) is 17.8 Å². The molecule has 0 fully saturated rings. The molecule has 0 bridgehead atoms. The third-order valence-corrected chi connectivity index (χ3v) is 3.85. The average molecular weight is 327 g/mol. The highest BCUT2D eigenvalue weighted by atomic mass is 16.2. The van der Waals surface area contributed by atoms with E-state index < -0.39 is 11.9 Å². The van der Waals surface area contributed by atoms with Crippen LogP contribution in [0.3, 0.4) is 0 Å². The molecule has 124 valence electrons. The van der Waals surface area contributed by atoms with Crippen LogP contribution in [0, 0.1) is 6.92 Å². The Balaban J connectivity index is 1.63. The molecule has 3 rings (SSSR count). The lowest BCUT2D eigenvalue weighted by Crippen LogP contribution is -2.44. The number of para-hydroxylation sites is 1. The fraction of sp³-hybridized carbons (Fsp3) is 0.250. The van der Waals surface area contributed by atoms with Gasteiger partial charge in [0.25, 0.3) is 5.91 Å². The molecule has 3 amide bonds. The Morgan fingerprint density at radius 3 is 2.83 bits per heavy atom. The van der Waals surface area contributed by atoms with Gasteiger partial charge in [-0.2, -0.15) is 5.10 Å². The van der Waals surface area contributed by atoms with Crippen molar-refractivity contribution in [3.05, 3.63) is 47.3 Å². The van der Waals surface area contributed by atoms with Gasteiger partial charge in [0.2, 0.25) is 11.8 Å². The first-order chi connectivity index (χ1) is 11.5. The number of aromatic amines is 1. The van der Waals surface area contributed by atoms with Gasteiger partial charge in [0.05, 0.1) is 23.9 Å². The number of aryl methyl sites for hydroxylation is 1. The Kier molecular flexibility index (Phi) is 4.28. The molecular formula is C16H17N5O3. The number of nitrogens with zero attached hydrogens (tertiary/aromatic N) is 1. The van der Waals surface area contributed by atoms with Gasteiger partial charge in [-0.3, -0.25) is 19.5 Å². The maximum Gasteiger partial charge on any atom is 0.254 e. The van der Waals surface area contributed by atoms with E-state index in [9.17, 15) is 14.4 Å². The van der Waals surface area contributed by atoms with Gasteiger partial charge in [0.1, 0.15) is 6.04 Å². The van der Waals surface area contributed by atoms with Crippen molar-refractivity contribution < 1.29 is 14.4 Å². The summed E-state index contributed by atoms with van der Waals surface area (Å²) in [6.45, 7) is 2.16. The summed E-state index contributed by atoms with van der Waals surface area (Å²) in [4.78, 5) is 36.5. The minimum absolute atomic E-state index is 0.136. The second-order valence-corrected chi connectivity index (χ2v) is 5.56. The van der Waals surface area contributed by atoms with Crippen LogP contribution >= 0.6 is 0 Å². The van der Waals surface area contributed by atoms with Crippen LogP contribution in [0.15, 0.2) is 30.5 Å². The standard InChI is InChI=1S/C16H17N5O3/c1-9-10(8-18-21-9)7-17-14(22)6-13-16(24)19-12-5-3-2-4-11(12)15(23)20-13/h2-5,8,13H,6-7H2,1H3,(H,17,22)(H,18,21)(H,19,24)(H,20,23)/t13-/m1/s1. The molecule has 0 spiro atoms. The number of benzene rings is 1. The lowest BCUT2D eigenvalue weighted by atomic mass is 10.1. The topological polar surface area (TPSA) is 116 Å². The molecule has 0 unspecified atom stereocenters. The zero-order chi connectivity index (χ0) is 17.1. The minimum atomic E-state index is -0.921. The Hall–Kier alpha value is -3.16. The molecule has 24 heavy (non-hydrogen) atoms. The number of H-pyrrole nitrogens is 1. The molecule has 2 aromatic rings. The lowest BCUT2D eigenvalue weighted by molar-refractivity contribution is -0.125. The highest BCUT2D eigenvalue weighted by Crippen LogP contribution is 2.18. The van der Waals surface area contributed by atoms with Gasteiger partial charge in [0.15, 0.2) is 0 Å². The summed E-state index contributed by atoms with van der Waals surface area (Å²) in [6.07, 6.45) is 1.49. The maximum atomic E-state index is 12.2. The van der Waals surface area contributed by atoms with Crippen molar-refractivity contribution in [2.45, 2.75) is 25.9 Å². The summed E-state index contributed by atoms with van der Waals surface area (Å²) in [5, 5.41) is 14.6. The SMILES string of the molecule is Cc1[nH]ncc1CNC(=O)C[C@H]1NC(=O)c2ccccc2NC1=O. The molecule has 1 aliphatic heterocycles. The molecule has 8 heteroatoms. The summed E-state index contributed by atoms with van der Waals surface area (Å²) < 4.78 is 0. The van der Waals surface area contributed by atoms with E-state index in [4.69, 9.17) is 0 Å². The van der Waals surface area contributed by atoms with Crippen LogP contribution in [0.4, 0.5) is 5.69 Å². The van der Waals surface area contributed by atoms with Crippen molar-refractivity contribution in [3.63, 3.8) is 0 Å². The van der Waals surface area contributed by atoms with Gasteiger partial charge in [-0.05, 0) is 19.1 Å². The Morgan fingerprint density at radius 2 is 2.08 bits per heavy atom. The largest absolute Gasteiger partial charge is 0.352 e.